The number of hydrogen-bond acceptors (Lipinski definition) is 3. The van der Waals surface area contributed by atoms with Crippen LogP contribution in [-0.2, 0) is 0 Å². The van der Waals surface area contributed by atoms with Gasteiger partial charge in [0.25, 0.3) is 0 Å². The number of fused-ring (bicyclic) bond motifs is 11. The number of pyridine rings is 1. The first-order valence-electron chi connectivity index (χ1n) is 17.6. The SMILES string of the molecule is c1ccc(-c2nc3ccccc3nc2-n2c3ccccc3c3ccc4c(c5ccccc5n5c(-c6ccccc6)nc(-c6ccccc6)c45)c32)cc1. The lowest BCUT2D eigenvalue weighted by molar-refractivity contribution is 1.08. The number of hydrogen-bond donors (Lipinski definition) is 0. The van der Waals surface area contributed by atoms with Gasteiger partial charge in [0.1, 0.15) is 11.5 Å². The van der Waals surface area contributed by atoms with Crippen molar-refractivity contribution in [1.82, 2.24) is 23.9 Å². The van der Waals surface area contributed by atoms with E-state index in [-0.39, 0.29) is 0 Å². The largest absolute Gasteiger partial charge is 0.291 e. The fourth-order valence-corrected chi connectivity index (χ4v) is 8.05. The summed E-state index contributed by atoms with van der Waals surface area (Å²) in [6.07, 6.45) is 0. The van der Waals surface area contributed by atoms with Gasteiger partial charge in [-0.05, 0) is 24.3 Å². The number of rotatable bonds is 4. The van der Waals surface area contributed by atoms with Gasteiger partial charge in [0.15, 0.2) is 5.82 Å². The van der Waals surface area contributed by atoms with Crippen LogP contribution < -0.4 is 0 Å². The standard InChI is InChI=1S/C47H29N5/c1-4-16-30(17-5-1)42-45-36-29-28-34-33-22-10-14-26-39(33)51(47-43(31-18-6-2-7-19-31)48-37-24-12-13-25-38(37)49-47)44(34)41(36)35-23-11-15-27-40(35)52(45)46(50-42)32-20-8-3-9-21-32/h1-29H. The van der Waals surface area contributed by atoms with E-state index >= 15 is 0 Å². The molecule has 0 radical (unpaired) electrons. The molecule has 0 unspecified atom stereocenters. The van der Waals surface area contributed by atoms with Crippen molar-refractivity contribution in [3.8, 4) is 39.7 Å². The molecule has 52 heavy (non-hydrogen) atoms. The van der Waals surface area contributed by atoms with E-state index in [2.05, 4.69) is 161 Å². The van der Waals surface area contributed by atoms with Gasteiger partial charge < -0.3 is 0 Å². The highest BCUT2D eigenvalue weighted by atomic mass is 15.1. The molecule has 0 fully saturated rings. The second-order valence-electron chi connectivity index (χ2n) is 13.2. The molecule has 0 N–H and O–H groups in total. The molecule has 0 amide bonds. The first-order valence-corrected chi connectivity index (χ1v) is 17.6. The van der Waals surface area contributed by atoms with Crippen LogP contribution in [0.1, 0.15) is 0 Å². The zero-order chi connectivity index (χ0) is 34.2. The molecule has 0 bridgehead atoms. The first kappa shape index (κ1) is 28.7. The highest BCUT2D eigenvalue weighted by Crippen LogP contribution is 2.45. The molecule has 5 nitrogen and oxygen atoms in total. The predicted molar refractivity (Wildman–Crippen MR) is 214 cm³/mol. The number of aromatic nitrogens is 5. The lowest BCUT2D eigenvalue weighted by Gasteiger charge is -2.17. The maximum atomic E-state index is 5.46. The molecule has 0 saturated carbocycles. The Hall–Kier alpha value is -7.11. The van der Waals surface area contributed by atoms with E-state index in [0.29, 0.717) is 0 Å². The molecule has 0 aliphatic carbocycles. The van der Waals surface area contributed by atoms with E-state index in [9.17, 15) is 0 Å². The lowest BCUT2D eigenvalue weighted by atomic mass is 9.99. The molecule has 7 aromatic carbocycles. The molecule has 4 heterocycles. The second kappa shape index (κ2) is 11.2. The van der Waals surface area contributed by atoms with E-state index in [0.717, 1.165) is 94.4 Å². The Bertz CT molecular complexity index is 3160. The third-order valence-corrected chi connectivity index (χ3v) is 10.3. The molecule has 5 heteroatoms. The minimum absolute atomic E-state index is 0.800. The van der Waals surface area contributed by atoms with E-state index in [1.165, 1.54) is 5.39 Å². The summed E-state index contributed by atoms with van der Waals surface area (Å²) >= 11 is 0. The smallest absolute Gasteiger partial charge is 0.165 e. The summed E-state index contributed by atoms with van der Waals surface area (Å²) < 4.78 is 4.72. The lowest BCUT2D eigenvalue weighted by Crippen LogP contribution is -2.04. The van der Waals surface area contributed by atoms with E-state index < -0.39 is 0 Å². The van der Waals surface area contributed by atoms with Gasteiger partial charge in [-0.2, -0.15) is 0 Å². The van der Waals surface area contributed by atoms with Crippen LogP contribution in [0.2, 0.25) is 0 Å². The summed E-state index contributed by atoms with van der Waals surface area (Å²) in [6, 6.07) is 61.6. The van der Waals surface area contributed by atoms with Gasteiger partial charge in [0, 0.05) is 43.6 Å². The Morgan fingerprint density at radius 1 is 0.346 bits per heavy atom. The Kier molecular flexibility index (Phi) is 6.18. The van der Waals surface area contributed by atoms with Crippen LogP contribution in [-0.4, -0.2) is 23.9 Å². The Morgan fingerprint density at radius 2 is 0.885 bits per heavy atom. The number of nitrogens with zero attached hydrogens (tertiary/aromatic N) is 5. The fraction of sp³-hybridized carbons (Fsp3) is 0. The van der Waals surface area contributed by atoms with Crippen molar-refractivity contribution in [2.24, 2.45) is 0 Å². The average Bonchev–Trinajstić information content (AvgIpc) is 3.79. The zero-order valence-electron chi connectivity index (χ0n) is 28.0. The van der Waals surface area contributed by atoms with Crippen molar-refractivity contribution in [3.05, 3.63) is 176 Å². The minimum Gasteiger partial charge on any atom is -0.291 e. The zero-order valence-corrected chi connectivity index (χ0v) is 28.0. The van der Waals surface area contributed by atoms with Crippen LogP contribution in [0.4, 0.5) is 0 Å². The van der Waals surface area contributed by atoms with E-state index in [4.69, 9.17) is 15.0 Å². The third kappa shape index (κ3) is 4.14. The Balaban J connectivity index is 1.39. The van der Waals surface area contributed by atoms with Crippen molar-refractivity contribution < 1.29 is 0 Å². The first-order chi connectivity index (χ1) is 25.8. The Morgan fingerprint density at radius 3 is 1.60 bits per heavy atom. The van der Waals surface area contributed by atoms with Crippen LogP contribution in [0.5, 0.6) is 0 Å². The van der Waals surface area contributed by atoms with Crippen LogP contribution in [0.15, 0.2) is 176 Å². The van der Waals surface area contributed by atoms with Crippen molar-refractivity contribution in [2.45, 2.75) is 0 Å². The van der Waals surface area contributed by atoms with Crippen molar-refractivity contribution >= 4 is 60.0 Å². The molecule has 11 rings (SSSR count). The van der Waals surface area contributed by atoms with Crippen molar-refractivity contribution in [1.29, 1.82) is 0 Å². The molecule has 242 valence electrons. The molecule has 0 atom stereocenters. The van der Waals surface area contributed by atoms with Crippen LogP contribution in [0.25, 0.3) is 99.8 Å². The van der Waals surface area contributed by atoms with Crippen molar-refractivity contribution in [2.75, 3.05) is 0 Å². The quantitative estimate of drug-likeness (QED) is 0.176. The topological polar surface area (TPSA) is 48.0 Å². The maximum absolute atomic E-state index is 5.46. The van der Waals surface area contributed by atoms with Crippen molar-refractivity contribution in [3.63, 3.8) is 0 Å². The highest BCUT2D eigenvalue weighted by Gasteiger charge is 2.25. The maximum Gasteiger partial charge on any atom is 0.165 e. The molecule has 0 saturated heterocycles. The van der Waals surface area contributed by atoms with Gasteiger partial charge in [-0.1, -0.05) is 152 Å². The summed E-state index contributed by atoms with van der Waals surface area (Å²) in [7, 11) is 0. The summed E-state index contributed by atoms with van der Waals surface area (Å²) in [5.74, 6) is 1.72. The molecule has 0 aliphatic rings. The summed E-state index contributed by atoms with van der Waals surface area (Å²) in [5.41, 5.74) is 11.0. The number of para-hydroxylation sites is 4. The van der Waals surface area contributed by atoms with Gasteiger partial charge in [-0.25, -0.2) is 15.0 Å². The average molecular weight is 664 g/mol. The Labute approximate surface area is 298 Å². The summed E-state index contributed by atoms with van der Waals surface area (Å²) in [6.45, 7) is 0. The number of benzene rings is 7. The molecule has 4 aromatic heterocycles. The monoisotopic (exact) mass is 663 g/mol. The van der Waals surface area contributed by atoms with Crippen LogP contribution >= 0.6 is 0 Å². The van der Waals surface area contributed by atoms with E-state index in [1.54, 1.807) is 0 Å². The fourth-order valence-electron chi connectivity index (χ4n) is 8.05. The summed E-state index contributed by atoms with van der Waals surface area (Å²) in [4.78, 5) is 16.2. The van der Waals surface area contributed by atoms with Gasteiger partial charge >= 0.3 is 0 Å². The van der Waals surface area contributed by atoms with E-state index in [1.807, 2.05) is 24.3 Å². The number of imidazole rings is 1. The molecule has 0 spiro atoms. The van der Waals surface area contributed by atoms with Crippen LogP contribution in [0.3, 0.4) is 0 Å². The van der Waals surface area contributed by atoms with Gasteiger partial charge in [-0.15, -0.1) is 0 Å². The minimum atomic E-state index is 0.800. The highest BCUT2D eigenvalue weighted by molar-refractivity contribution is 6.29. The third-order valence-electron chi connectivity index (χ3n) is 10.3. The van der Waals surface area contributed by atoms with Crippen LogP contribution in [0, 0.1) is 0 Å². The summed E-state index contributed by atoms with van der Waals surface area (Å²) in [5, 5.41) is 5.75. The molecule has 0 aliphatic heterocycles. The normalized spacial score (nSPS) is 11.8. The predicted octanol–water partition coefficient (Wildman–Crippen LogP) is 11.7. The molecule has 11 aromatic rings. The van der Waals surface area contributed by atoms with Gasteiger partial charge in [0.05, 0.1) is 38.8 Å². The molecular formula is C47H29N5. The second-order valence-corrected chi connectivity index (χ2v) is 13.2. The van der Waals surface area contributed by atoms with Gasteiger partial charge in [-0.3, -0.25) is 8.97 Å². The van der Waals surface area contributed by atoms with Gasteiger partial charge in [0.2, 0.25) is 0 Å². The molecular weight excluding hydrogens is 635 g/mol.